The average Bonchev–Trinajstić information content (AvgIpc) is 2.26. The summed E-state index contributed by atoms with van der Waals surface area (Å²) in [7, 11) is 1.81. The second-order valence-electron chi connectivity index (χ2n) is 4.90. The van der Waals surface area contributed by atoms with E-state index in [1.165, 1.54) is 0 Å². The van der Waals surface area contributed by atoms with E-state index in [9.17, 15) is 9.18 Å². The number of likely N-dealkylation sites (tertiary alicyclic amines) is 1. The van der Waals surface area contributed by atoms with Gasteiger partial charge in [-0.3, -0.25) is 9.69 Å². The Morgan fingerprint density at radius 3 is 2.31 bits per heavy atom. The molecule has 0 aromatic heterocycles. The summed E-state index contributed by atoms with van der Waals surface area (Å²) in [4.78, 5) is 13.6. The number of nitrogens with zero attached hydrogens (tertiary/aromatic N) is 1. The Morgan fingerprint density at radius 2 is 2.00 bits per heavy atom. The van der Waals surface area contributed by atoms with Crippen LogP contribution < -0.4 is 0 Å². The van der Waals surface area contributed by atoms with Crippen LogP contribution in [0.4, 0.5) is 4.39 Å². The van der Waals surface area contributed by atoms with Gasteiger partial charge in [-0.25, -0.2) is 4.39 Å². The zero-order chi connectivity index (χ0) is 10.2. The van der Waals surface area contributed by atoms with Crippen LogP contribution in [-0.2, 0) is 4.79 Å². The van der Waals surface area contributed by atoms with E-state index < -0.39 is 6.17 Å². The highest BCUT2D eigenvalue weighted by Crippen LogP contribution is 2.26. The first kappa shape index (κ1) is 10.6. The maximum Gasteiger partial charge on any atom is 0.155 e. The number of carbonyl (C=O) groups excluding carboxylic acids is 1. The Bertz CT molecular complexity index is 209. The molecule has 0 spiro atoms. The molecule has 1 aliphatic heterocycles. The molecule has 2 atom stereocenters. The van der Waals surface area contributed by atoms with Crippen LogP contribution in [0, 0.1) is 5.41 Å². The molecule has 76 valence electrons. The number of carbonyl (C=O) groups is 1. The molecule has 0 bridgehead atoms. The molecule has 3 heteroatoms. The summed E-state index contributed by atoms with van der Waals surface area (Å²) in [6.07, 6.45) is -0.464. The molecule has 0 N–H and O–H groups in total. The standard InChI is InChI=1S/C10H18FNO/c1-10(2,3)9(13)8-5-7(11)6-12(8)4/h7-8H,5-6H2,1-4H3. The van der Waals surface area contributed by atoms with Crippen LogP contribution in [0.2, 0.25) is 0 Å². The number of hydrogen-bond donors (Lipinski definition) is 0. The van der Waals surface area contributed by atoms with Crippen molar-refractivity contribution in [3.05, 3.63) is 0 Å². The average molecular weight is 187 g/mol. The van der Waals surface area contributed by atoms with E-state index in [1.807, 2.05) is 32.7 Å². The van der Waals surface area contributed by atoms with Crippen molar-refractivity contribution >= 4 is 5.78 Å². The minimum Gasteiger partial charge on any atom is -0.297 e. The van der Waals surface area contributed by atoms with E-state index in [0.717, 1.165) is 0 Å². The highest BCUT2D eigenvalue weighted by molar-refractivity contribution is 5.89. The molecule has 13 heavy (non-hydrogen) atoms. The molecule has 1 aliphatic rings. The normalized spacial score (nSPS) is 30.8. The number of ketones is 1. The molecule has 0 aliphatic carbocycles. The fourth-order valence-corrected chi connectivity index (χ4v) is 1.74. The number of Topliss-reactive ketones (excluding diaryl/α,β-unsaturated/α-hetero) is 1. The quantitative estimate of drug-likeness (QED) is 0.622. The van der Waals surface area contributed by atoms with E-state index in [1.54, 1.807) is 0 Å². The van der Waals surface area contributed by atoms with E-state index in [4.69, 9.17) is 0 Å². The molecular weight excluding hydrogens is 169 g/mol. The van der Waals surface area contributed by atoms with Crippen molar-refractivity contribution in [2.24, 2.45) is 5.41 Å². The van der Waals surface area contributed by atoms with Crippen LogP contribution >= 0.6 is 0 Å². The zero-order valence-electron chi connectivity index (χ0n) is 8.80. The number of halogens is 1. The Balaban J connectivity index is 2.68. The fraction of sp³-hybridized carbons (Fsp3) is 0.900. The van der Waals surface area contributed by atoms with Crippen molar-refractivity contribution in [2.75, 3.05) is 13.6 Å². The van der Waals surface area contributed by atoms with Gasteiger partial charge in [0.2, 0.25) is 0 Å². The van der Waals surface area contributed by atoms with E-state index >= 15 is 0 Å². The van der Waals surface area contributed by atoms with Crippen LogP contribution in [0.3, 0.4) is 0 Å². The van der Waals surface area contributed by atoms with Crippen molar-refractivity contribution in [1.82, 2.24) is 4.90 Å². The van der Waals surface area contributed by atoms with Gasteiger partial charge in [0, 0.05) is 18.4 Å². The third kappa shape index (κ3) is 2.27. The highest BCUT2D eigenvalue weighted by Gasteiger charge is 2.38. The lowest BCUT2D eigenvalue weighted by Crippen LogP contribution is -2.39. The Hall–Kier alpha value is -0.440. The van der Waals surface area contributed by atoms with Crippen molar-refractivity contribution < 1.29 is 9.18 Å². The Kier molecular flexibility index (Phi) is 2.76. The van der Waals surface area contributed by atoms with Gasteiger partial charge in [0.1, 0.15) is 6.17 Å². The van der Waals surface area contributed by atoms with Gasteiger partial charge in [-0.1, -0.05) is 20.8 Å². The second kappa shape index (κ2) is 3.37. The van der Waals surface area contributed by atoms with E-state index in [0.29, 0.717) is 13.0 Å². The molecule has 1 fully saturated rings. The van der Waals surface area contributed by atoms with Gasteiger partial charge in [-0.15, -0.1) is 0 Å². The molecule has 1 saturated heterocycles. The lowest BCUT2D eigenvalue weighted by atomic mass is 9.85. The summed E-state index contributed by atoms with van der Waals surface area (Å²) in [5.74, 6) is 0.148. The lowest BCUT2D eigenvalue weighted by Gasteiger charge is -2.25. The predicted molar refractivity (Wildman–Crippen MR) is 50.4 cm³/mol. The first-order valence-electron chi connectivity index (χ1n) is 4.71. The largest absolute Gasteiger partial charge is 0.297 e. The molecule has 1 heterocycles. The van der Waals surface area contributed by atoms with Crippen LogP contribution in [0.25, 0.3) is 0 Å². The predicted octanol–water partition coefficient (Wildman–Crippen LogP) is 1.64. The third-order valence-corrected chi connectivity index (χ3v) is 2.54. The molecule has 0 radical (unpaired) electrons. The van der Waals surface area contributed by atoms with Gasteiger partial charge in [0.15, 0.2) is 5.78 Å². The first-order chi connectivity index (χ1) is 5.82. The van der Waals surface area contributed by atoms with E-state index in [2.05, 4.69) is 0 Å². The monoisotopic (exact) mass is 187 g/mol. The summed E-state index contributed by atoms with van der Waals surface area (Å²) in [5, 5.41) is 0. The molecule has 0 aromatic rings. The Labute approximate surface area is 79.1 Å². The van der Waals surface area contributed by atoms with Crippen molar-refractivity contribution in [3.63, 3.8) is 0 Å². The van der Waals surface area contributed by atoms with Gasteiger partial charge in [-0.2, -0.15) is 0 Å². The molecule has 2 nitrogen and oxygen atoms in total. The number of hydrogen-bond acceptors (Lipinski definition) is 2. The third-order valence-electron chi connectivity index (χ3n) is 2.54. The van der Waals surface area contributed by atoms with Crippen LogP contribution in [0.5, 0.6) is 0 Å². The second-order valence-corrected chi connectivity index (χ2v) is 4.90. The SMILES string of the molecule is CN1CC(F)CC1C(=O)C(C)(C)C. The van der Waals surface area contributed by atoms with Gasteiger partial charge < -0.3 is 0 Å². The summed E-state index contributed by atoms with van der Waals surface area (Å²) < 4.78 is 13.0. The number of alkyl halides is 1. The fourth-order valence-electron chi connectivity index (χ4n) is 1.74. The van der Waals surface area contributed by atoms with Gasteiger partial charge in [0.05, 0.1) is 6.04 Å². The lowest BCUT2D eigenvalue weighted by molar-refractivity contribution is -0.130. The van der Waals surface area contributed by atoms with Crippen molar-refractivity contribution in [1.29, 1.82) is 0 Å². The minimum atomic E-state index is -0.832. The van der Waals surface area contributed by atoms with Crippen LogP contribution in [0.1, 0.15) is 27.2 Å². The van der Waals surface area contributed by atoms with Crippen molar-refractivity contribution in [2.45, 2.75) is 39.4 Å². The van der Waals surface area contributed by atoms with Crippen LogP contribution in [0.15, 0.2) is 0 Å². The topological polar surface area (TPSA) is 20.3 Å². The Morgan fingerprint density at radius 1 is 1.46 bits per heavy atom. The van der Waals surface area contributed by atoms with Crippen molar-refractivity contribution in [3.8, 4) is 0 Å². The summed E-state index contributed by atoms with van der Waals surface area (Å²) in [6.45, 7) is 6.05. The van der Waals surface area contributed by atoms with Crippen LogP contribution in [-0.4, -0.2) is 36.5 Å². The maximum atomic E-state index is 13.0. The number of likely N-dealkylation sites (N-methyl/N-ethyl adjacent to an activating group) is 1. The smallest absolute Gasteiger partial charge is 0.155 e. The molecule has 0 saturated carbocycles. The first-order valence-corrected chi connectivity index (χ1v) is 4.71. The molecule has 0 amide bonds. The molecular formula is C10H18FNO. The van der Waals surface area contributed by atoms with E-state index in [-0.39, 0.29) is 17.2 Å². The summed E-state index contributed by atoms with van der Waals surface area (Å²) in [5.41, 5.74) is -0.358. The zero-order valence-corrected chi connectivity index (χ0v) is 8.80. The highest BCUT2D eigenvalue weighted by atomic mass is 19.1. The van der Waals surface area contributed by atoms with Gasteiger partial charge >= 0.3 is 0 Å². The molecule has 0 aromatic carbocycles. The van der Waals surface area contributed by atoms with Gasteiger partial charge in [-0.05, 0) is 7.05 Å². The maximum absolute atomic E-state index is 13.0. The molecule has 1 rings (SSSR count). The van der Waals surface area contributed by atoms with Gasteiger partial charge in [0.25, 0.3) is 0 Å². The summed E-state index contributed by atoms with van der Waals surface area (Å²) >= 11 is 0. The minimum absolute atomic E-state index is 0.148. The summed E-state index contributed by atoms with van der Waals surface area (Å²) in [6, 6.07) is -0.213. The molecule has 2 unspecified atom stereocenters. The number of rotatable bonds is 1.